The lowest BCUT2D eigenvalue weighted by atomic mass is 10.2. The van der Waals surface area contributed by atoms with Crippen LogP contribution >= 0.6 is 0 Å². The molecule has 2 heterocycles. The third-order valence-corrected chi connectivity index (χ3v) is 2.22. The van der Waals surface area contributed by atoms with Crippen molar-refractivity contribution in [3.05, 3.63) is 30.5 Å². The highest BCUT2D eigenvalue weighted by molar-refractivity contribution is 5.52. The summed E-state index contributed by atoms with van der Waals surface area (Å²) in [5.41, 5.74) is 6.72. The molecule has 0 spiro atoms. The van der Waals surface area contributed by atoms with Crippen LogP contribution in [0.25, 0.3) is 11.5 Å². The van der Waals surface area contributed by atoms with Gasteiger partial charge in [-0.3, -0.25) is 4.98 Å². The maximum absolute atomic E-state index is 12.0. The average Bonchev–Trinajstić information content (AvgIpc) is 2.39. The van der Waals surface area contributed by atoms with Crippen molar-refractivity contribution in [3.63, 3.8) is 0 Å². The number of aromatic nitrogens is 4. The standard InChI is InChI=1S/C11H11F2N5O/c1-6(14)8-9(16-3-2-15-8)10-17-4-7(5-18-10)19-11(12)13/h2-6,11H,14H2,1H3. The maximum atomic E-state index is 12.0. The number of rotatable bonds is 4. The van der Waals surface area contributed by atoms with E-state index in [-0.39, 0.29) is 17.6 Å². The van der Waals surface area contributed by atoms with Gasteiger partial charge in [0.15, 0.2) is 11.6 Å². The fourth-order valence-electron chi connectivity index (χ4n) is 1.46. The maximum Gasteiger partial charge on any atom is 0.387 e. The predicted octanol–water partition coefficient (Wildman–Crippen LogP) is 1.55. The first kappa shape index (κ1) is 13.2. The zero-order valence-corrected chi connectivity index (χ0v) is 9.99. The van der Waals surface area contributed by atoms with Gasteiger partial charge in [0, 0.05) is 18.4 Å². The average molecular weight is 267 g/mol. The Labute approximate surface area is 107 Å². The number of nitrogens with two attached hydrogens (primary N) is 1. The van der Waals surface area contributed by atoms with Gasteiger partial charge in [-0.05, 0) is 6.92 Å². The van der Waals surface area contributed by atoms with E-state index in [0.717, 1.165) is 12.4 Å². The second-order valence-corrected chi connectivity index (χ2v) is 3.70. The molecular weight excluding hydrogens is 256 g/mol. The Morgan fingerprint density at radius 3 is 2.32 bits per heavy atom. The molecule has 0 aliphatic rings. The minimum Gasteiger partial charge on any atom is -0.432 e. The summed E-state index contributed by atoms with van der Waals surface area (Å²) >= 11 is 0. The van der Waals surface area contributed by atoms with Crippen LogP contribution in [0.15, 0.2) is 24.8 Å². The molecule has 6 nitrogen and oxygen atoms in total. The van der Waals surface area contributed by atoms with Crippen LogP contribution in [0.5, 0.6) is 5.75 Å². The molecule has 0 fully saturated rings. The monoisotopic (exact) mass is 267 g/mol. The van der Waals surface area contributed by atoms with Crippen LogP contribution < -0.4 is 10.5 Å². The van der Waals surface area contributed by atoms with Crippen molar-refractivity contribution in [2.24, 2.45) is 5.73 Å². The topological polar surface area (TPSA) is 86.8 Å². The van der Waals surface area contributed by atoms with Crippen LogP contribution in [-0.2, 0) is 0 Å². The summed E-state index contributed by atoms with van der Waals surface area (Å²) in [6, 6.07) is -0.343. The van der Waals surface area contributed by atoms with Gasteiger partial charge < -0.3 is 10.5 Å². The van der Waals surface area contributed by atoms with Gasteiger partial charge in [-0.15, -0.1) is 0 Å². The Bertz CT molecular complexity index is 547. The molecule has 0 aromatic carbocycles. The molecule has 2 aromatic heterocycles. The molecule has 0 saturated carbocycles. The van der Waals surface area contributed by atoms with E-state index < -0.39 is 6.61 Å². The van der Waals surface area contributed by atoms with E-state index >= 15 is 0 Å². The molecule has 1 unspecified atom stereocenters. The largest absolute Gasteiger partial charge is 0.432 e. The quantitative estimate of drug-likeness (QED) is 0.904. The van der Waals surface area contributed by atoms with Gasteiger partial charge in [0.25, 0.3) is 0 Å². The summed E-state index contributed by atoms with van der Waals surface area (Å²) in [4.78, 5) is 16.0. The summed E-state index contributed by atoms with van der Waals surface area (Å²) < 4.78 is 28.2. The zero-order chi connectivity index (χ0) is 13.8. The van der Waals surface area contributed by atoms with E-state index in [1.807, 2.05) is 0 Å². The Morgan fingerprint density at radius 1 is 1.11 bits per heavy atom. The lowest BCUT2D eigenvalue weighted by molar-refractivity contribution is -0.0503. The van der Waals surface area contributed by atoms with E-state index in [4.69, 9.17) is 5.73 Å². The van der Waals surface area contributed by atoms with Crippen molar-refractivity contribution in [1.82, 2.24) is 19.9 Å². The van der Waals surface area contributed by atoms with E-state index in [1.54, 1.807) is 6.92 Å². The van der Waals surface area contributed by atoms with E-state index in [0.29, 0.717) is 11.4 Å². The highest BCUT2D eigenvalue weighted by Gasteiger charge is 2.14. The van der Waals surface area contributed by atoms with Gasteiger partial charge in [0.1, 0.15) is 5.69 Å². The van der Waals surface area contributed by atoms with Crippen LogP contribution in [0.4, 0.5) is 8.78 Å². The molecule has 0 aliphatic carbocycles. The normalized spacial score (nSPS) is 12.5. The van der Waals surface area contributed by atoms with Crippen molar-refractivity contribution >= 4 is 0 Å². The fourth-order valence-corrected chi connectivity index (χ4v) is 1.46. The van der Waals surface area contributed by atoms with Crippen molar-refractivity contribution in [3.8, 4) is 17.3 Å². The van der Waals surface area contributed by atoms with Crippen molar-refractivity contribution in [1.29, 1.82) is 0 Å². The summed E-state index contributed by atoms with van der Waals surface area (Å²) in [7, 11) is 0. The Morgan fingerprint density at radius 2 is 1.74 bits per heavy atom. The molecule has 0 bridgehead atoms. The molecule has 2 rings (SSSR count). The van der Waals surface area contributed by atoms with Crippen molar-refractivity contribution in [2.75, 3.05) is 0 Å². The van der Waals surface area contributed by atoms with E-state index in [2.05, 4.69) is 24.7 Å². The molecular formula is C11H11F2N5O. The summed E-state index contributed by atoms with van der Waals surface area (Å²) in [6.45, 7) is -1.16. The summed E-state index contributed by atoms with van der Waals surface area (Å²) in [6.07, 6.45) is 5.28. The zero-order valence-electron chi connectivity index (χ0n) is 9.99. The van der Waals surface area contributed by atoms with Crippen molar-refractivity contribution in [2.45, 2.75) is 19.6 Å². The fraction of sp³-hybridized carbons (Fsp3) is 0.273. The van der Waals surface area contributed by atoms with Crippen LogP contribution in [-0.4, -0.2) is 26.5 Å². The van der Waals surface area contributed by atoms with Gasteiger partial charge in [0.2, 0.25) is 0 Å². The van der Waals surface area contributed by atoms with Gasteiger partial charge in [-0.1, -0.05) is 0 Å². The summed E-state index contributed by atoms with van der Waals surface area (Å²) in [5.74, 6) is 0.131. The summed E-state index contributed by atoms with van der Waals surface area (Å²) in [5, 5.41) is 0. The molecule has 0 radical (unpaired) electrons. The molecule has 0 amide bonds. The minimum atomic E-state index is -2.91. The van der Waals surface area contributed by atoms with Gasteiger partial charge in [-0.25, -0.2) is 15.0 Å². The van der Waals surface area contributed by atoms with Crippen LogP contribution in [0, 0.1) is 0 Å². The van der Waals surface area contributed by atoms with E-state index in [1.165, 1.54) is 12.4 Å². The predicted molar refractivity (Wildman–Crippen MR) is 62.3 cm³/mol. The SMILES string of the molecule is CC(N)c1nccnc1-c1ncc(OC(F)F)cn1. The Balaban J connectivity index is 2.32. The smallest absolute Gasteiger partial charge is 0.387 e. The molecule has 19 heavy (non-hydrogen) atoms. The lowest BCUT2D eigenvalue weighted by Crippen LogP contribution is -2.11. The molecule has 2 N–H and O–H groups in total. The lowest BCUT2D eigenvalue weighted by Gasteiger charge is -2.09. The van der Waals surface area contributed by atoms with Crippen LogP contribution in [0.1, 0.15) is 18.7 Å². The molecule has 0 aliphatic heterocycles. The highest BCUT2D eigenvalue weighted by Crippen LogP contribution is 2.21. The van der Waals surface area contributed by atoms with Crippen LogP contribution in [0.3, 0.4) is 0 Å². The molecule has 2 aromatic rings. The second-order valence-electron chi connectivity index (χ2n) is 3.70. The number of alkyl halides is 2. The van der Waals surface area contributed by atoms with E-state index in [9.17, 15) is 8.78 Å². The minimum absolute atomic E-state index is 0.120. The number of hydrogen-bond acceptors (Lipinski definition) is 6. The number of nitrogens with zero attached hydrogens (tertiary/aromatic N) is 4. The first-order valence-corrected chi connectivity index (χ1v) is 5.41. The number of halogens is 2. The second kappa shape index (κ2) is 5.61. The first-order chi connectivity index (χ1) is 9.08. The van der Waals surface area contributed by atoms with Crippen molar-refractivity contribution < 1.29 is 13.5 Å². The third kappa shape index (κ3) is 3.16. The Hall–Kier alpha value is -2.22. The molecule has 8 heteroatoms. The third-order valence-electron chi connectivity index (χ3n) is 2.22. The van der Waals surface area contributed by atoms with Gasteiger partial charge in [-0.2, -0.15) is 8.78 Å². The number of ether oxygens (including phenoxy) is 1. The van der Waals surface area contributed by atoms with Gasteiger partial charge in [0.05, 0.1) is 18.1 Å². The molecule has 0 saturated heterocycles. The first-order valence-electron chi connectivity index (χ1n) is 5.41. The molecule has 1 atom stereocenters. The highest BCUT2D eigenvalue weighted by atomic mass is 19.3. The van der Waals surface area contributed by atoms with Gasteiger partial charge >= 0.3 is 6.61 Å². The Kier molecular flexibility index (Phi) is 3.91. The van der Waals surface area contributed by atoms with Crippen LogP contribution in [0.2, 0.25) is 0 Å². The molecule has 100 valence electrons. The number of hydrogen-bond donors (Lipinski definition) is 1.